The minimum Gasteiger partial charge on any atom is -0.308 e. The van der Waals surface area contributed by atoms with E-state index in [0.717, 1.165) is 4.90 Å². The molecular formula is C15H18FN3OS. The average molecular weight is 307 g/mol. The molecule has 2 rings (SSSR count). The number of benzene rings is 1. The number of nitrogens with one attached hydrogen (secondary N) is 2. The minimum absolute atomic E-state index is 0.108. The molecule has 0 amide bonds. The summed E-state index contributed by atoms with van der Waals surface area (Å²) < 4.78 is 14.1. The number of H-pyrrole nitrogens is 1. The number of rotatable bonds is 4. The van der Waals surface area contributed by atoms with Crippen LogP contribution in [0.2, 0.25) is 0 Å². The monoisotopic (exact) mass is 307 g/mol. The van der Waals surface area contributed by atoms with Crippen LogP contribution in [0.5, 0.6) is 0 Å². The zero-order chi connectivity index (χ0) is 15.5. The lowest BCUT2D eigenvalue weighted by atomic mass is 10.1. The molecule has 0 aliphatic rings. The molecule has 6 heteroatoms. The van der Waals surface area contributed by atoms with Crippen LogP contribution in [0.25, 0.3) is 0 Å². The zero-order valence-corrected chi connectivity index (χ0v) is 13.1. The van der Waals surface area contributed by atoms with E-state index >= 15 is 0 Å². The Balaban J connectivity index is 2.27. The van der Waals surface area contributed by atoms with Crippen molar-refractivity contribution in [3.8, 4) is 0 Å². The number of nitrogens with zero attached hydrogens (tertiary/aromatic N) is 1. The van der Waals surface area contributed by atoms with Crippen molar-refractivity contribution < 1.29 is 4.39 Å². The van der Waals surface area contributed by atoms with Gasteiger partial charge in [0.25, 0.3) is 5.56 Å². The van der Waals surface area contributed by atoms with Crippen LogP contribution in [0.3, 0.4) is 0 Å². The highest BCUT2D eigenvalue weighted by Gasteiger charge is 2.14. The lowest BCUT2D eigenvalue weighted by molar-refractivity contribution is 0.416. The number of halogens is 1. The van der Waals surface area contributed by atoms with Crippen LogP contribution >= 0.6 is 11.8 Å². The summed E-state index contributed by atoms with van der Waals surface area (Å²) in [6.07, 6.45) is 1.44. The Morgan fingerprint density at radius 2 is 2.10 bits per heavy atom. The van der Waals surface area contributed by atoms with E-state index in [2.05, 4.69) is 15.3 Å². The first kappa shape index (κ1) is 15.7. The fourth-order valence-electron chi connectivity index (χ4n) is 1.67. The second kappa shape index (κ2) is 6.41. The van der Waals surface area contributed by atoms with Gasteiger partial charge >= 0.3 is 0 Å². The normalized spacial score (nSPS) is 11.6. The first-order chi connectivity index (χ1) is 9.85. The van der Waals surface area contributed by atoms with Gasteiger partial charge in [-0.3, -0.25) is 4.79 Å². The molecule has 1 aromatic heterocycles. The van der Waals surface area contributed by atoms with E-state index in [9.17, 15) is 9.18 Å². The molecular weight excluding hydrogens is 289 g/mol. The molecule has 0 saturated heterocycles. The third-order valence-electron chi connectivity index (χ3n) is 2.73. The molecule has 21 heavy (non-hydrogen) atoms. The van der Waals surface area contributed by atoms with Gasteiger partial charge in [0.05, 0.1) is 0 Å². The largest absolute Gasteiger partial charge is 0.308 e. The maximum absolute atomic E-state index is 14.1. The SMILES string of the molecule is CC(C)(C)NCc1c(F)cccc1Sc1nccc(=O)[nH]1. The molecule has 0 spiro atoms. The first-order valence-electron chi connectivity index (χ1n) is 6.61. The van der Waals surface area contributed by atoms with Gasteiger partial charge in [0.2, 0.25) is 0 Å². The summed E-state index contributed by atoms with van der Waals surface area (Å²) in [5.74, 6) is -0.268. The summed E-state index contributed by atoms with van der Waals surface area (Å²) in [5.41, 5.74) is 0.242. The minimum atomic E-state index is -0.268. The maximum Gasteiger partial charge on any atom is 0.251 e. The Hall–Kier alpha value is -1.66. The van der Waals surface area contributed by atoms with E-state index in [-0.39, 0.29) is 16.9 Å². The summed E-state index contributed by atoms with van der Waals surface area (Å²) in [6, 6.07) is 6.25. The molecule has 1 heterocycles. The van der Waals surface area contributed by atoms with Crippen LogP contribution in [0.1, 0.15) is 26.3 Å². The standard InChI is InChI=1S/C15H18FN3OS/c1-15(2,3)18-9-10-11(16)5-4-6-12(10)21-14-17-8-7-13(20)19-14/h4-8,18H,9H2,1-3H3,(H,17,19,20). The predicted octanol–water partition coefficient (Wildman–Crippen LogP) is 2.95. The van der Waals surface area contributed by atoms with Gasteiger partial charge < -0.3 is 10.3 Å². The highest BCUT2D eigenvalue weighted by Crippen LogP contribution is 2.29. The van der Waals surface area contributed by atoms with Gasteiger partial charge in [0.15, 0.2) is 5.16 Å². The van der Waals surface area contributed by atoms with Crippen molar-refractivity contribution in [3.63, 3.8) is 0 Å². The summed E-state index contributed by atoms with van der Waals surface area (Å²) >= 11 is 1.25. The average Bonchev–Trinajstić information content (AvgIpc) is 2.37. The molecule has 0 saturated carbocycles. The molecule has 0 aliphatic heterocycles. The van der Waals surface area contributed by atoms with Crippen molar-refractivity contribution in [2.45, 2.75) is 42.9 Å². The zero-order valence-electron chi connectivity index (χ0n) is 12.2. The molecule has 0 radical (unpaired) electrons. The summed E-state index contributed by atoms with van der Waals surface area (Å²) in [7, 11) is 0. The highest BCUT2D eigenvalue weighted by molar-refractivity contribution is 7.99. The molecule has 2 N–H and O–H groups in total. The van der Waals surface area contributed by atoms with Gasteiger partial charge in [0.1, 0.15) is 5.82 Å². The van der Waals surface area contributed by atoms with E-state index in [0.29, 0.717) is 17.3 Å². The summed E-state index contributed by atoms with van der Waals surface area (Å²) in [5, 5.41) is 3.72. The van der Waals surface area contributed by atoms with Crippen LogP contribution in [0, 0.1) is 5.82 Å². The van der Waals surface area contributed by atoms with Crippen LogP contribution in [-0.2, 0) is 6.54 Å². The van der Waals surface area contributed by atoms with Gasteiger partial charge in [-0.15, -0.1) is 0 Å². The summed E-state index contributed by atoms with van der Waals surface area (Å²) in [4.78, 5) is 18.7. The van der Waals surface area contributed by atoms with E-state index < -0.39 is 0 Å². The predicted molar refractivity (Wildman–Crippen MR) is 82.0 cm³/mol. The lowest BCUT2D eigenvalue weighted by Crippen LogP contribution is -2.35. The van der Waals surface area contributed by atoms with Gasteiger partial charge in [-0.25, -0.2) is 9.37 Å². The smallest absolute Gasteiger partial charge is 0.251 e. The van der Waals surface area contributed by atoms with Gasteiger partial charge in [-0.05, 0) is 32.9 Å². The van der Waals surface area contributed by atoms with E-state index in [1.165, 1.54) is 30.1 Å². The van der Waals surface area contributed by atoms with Crippen molar-refractivity contribution in [3.05, 3.63) is 52.2 Å². The second-order valence-electron chi connectivity index (χ2n) is 5.66. The molecule has 0 aliphatic carbocycles. The third kappa shape index (κ3) is 4.68. The lowest BCUT2D eigenvalue weighted by Gasteiger charge is -2.21. The number of hydrogen-bond acceptors (Lipinski definition) is 4. The van der Waals surface area contributed by atoms with E-state index in [4.69, 9.17) is 0 Å². The molecule has 0 bridgehead atoms. The molecule has 1 aromatic carbocycles. The van der Waals surface area contributed by atoms with Gasteiger partial charge in [-0.2, -0.15) is 0 Å². The van der Waals surface area contributed by atoms with Crippen molar-refractivity contribution >= 4 is 11.8 Å². The van der Waals surface area contributed by atoms with Crippen LogP contribution in [-0.4, -0.2) is 15.5 Å². The fourth-order valence-corrected chi connectivity index (χ4v) is 2.58. The van der Waals surface area contributed by atoms with Crippen molar-refractivity contribution in [1.82, 2.24) is 15.3 Å². The second-order valence-corrected chi connectivity index (χ2v) is 6.69. The van der Waals surface area contributed by atoms with Crippen molar-refractivity contribution in [1.29, 1.82) is 0 Å². The first-order valence-corrected chi connectivity index (χ1v) is 7.42. The molecule has 4 nitrogen and oxygen atoms in total. The Morgan fingerprint density at radius 1 is 1.33 bits per heavy atom. The molecule has 0 atom stereocenters. The number of aromatic amines is 1. The summed E-state index contributed by atoms with van der Waals surface area (Å²) in [6.45, 7) is 6.49. The molecule has 2 aromatic rings. The Kier molecular flexibility index (Phi) is 4.80. The van der Waals surface area contributed by atoms with Crippen LogP contribution < -0.4 is 10.9 Å². The highest BCUT2D eigenvalue weighted by atomic mass is 32.2. The topological polar surface area (TPSA) is 57.8 Å². The third-order valence-corrected chi connectivity index (χ3v) is 3.73. The van der Waals surface area contributed by atoms with Crippen molar-refractivity contribution in [2.24, 2.45) is 0 Å². The van der Waals surface area contributed by atoms with Gasteiger partial charge in [-0.1, -0.05) is 17.8 Å². The van der Waals surface area contributed by atoms with E-state index in [1.807, 2.05) is 26.8 Å². The van der Waals surface area contributed by atoms with Crippen LogP contribution in [0.15, 0.2) is 45.3 Å². The molecule has 112 valence electrons. The Morgan fingerprint density at radius 3 is 2.76 bits per heavy atom. The van der Waals surface area contributed by atoms with Crippen molar-refractivity contribution in [2.75, 3.05) is 0 Å². The Bertz CT molecular complexity index is 679. The van der Waals surface area contributed by atoms with E-state index in [1.54, 1.807) is 6.07 Å². The molecule has 0 fully saturated rings. The molecule has 0 unspecified atom stereocenters. The quantitative estimate of drug-likeness (QED) is 0.853. The number of hydrogen-bond donors (Lipinski definition) is 2. The van der Waals surface area contributed by atoms with Crippen LogP contribution in [0.4, 0.5) is 4.39 Å². The van der Waals surface area contributed by atoms with Gasteiger partial charge in [0, 0.05) is 34.8 Å². The Labute approximate surface area is 127 Å². The fraction of sp³-hybridized carbons (Fsp3) is 0.333. The number of aromatic nitrogens is 2. The maximum atomic E-state index is 14.1.